The topological polar surface area (TPSA) is 112 Å². The van der Waals surface area contributed by atoms with E-state index in [9.17, 15) is 9.59 Å². The minimum Gasteiger partial charge on any atom is -0.459 e. The molecule has 0 aromatic carbocycles. The van der Waals surface area contributed by atoms with Gasteiger partial charge >= 0.3 is 0 Å². The van der Waals surface area contributed by atoms with E-state index >= 15 is 0 Å². The highest BCUT2D eigenvalue weighted by Gasteiger charge is 2.03. The van der Waals surface area contributed by atoms with E-state index in [1.54, 1.807) is 25.1 Å². The van der Waals surface area contributed by atoms with Crippen molar-refractivity contribution >= 4 is 11.8 Å². The maximum Gasteiger partial charge on any atom is 0.284 e. The Bertz CT molecular complexity index is 505. The summed E-state index contributed by atoms with van der Waals surface area (Å²) in [6.07, 6.45) is 1.49. The van der Waals surface area contributed by atoms with Crippen LogP contribution in [0.1, 0.15) is 47.3 Å². The predicted molar refractivity (Wildman–Crippen MR) is 77.4 cm³/mol. The van der Waals surface area contributed by atoms with Gasteiger partial charge in [-0.05, 0) is 37.6 Å². The second kappa shape index (κ2) is 8.58. The number of furan rings is 2. The SMILES string of the molecule is C.C.Cc1ccc(C(N)=O)o1.Cc1coc(C(N)=O)c1. The third kappa shape index (κ3) is 5.90. The Morgan fingerprint density at radius 1 is 1.00 bits per heavy atom. The molecule has 0 aliphatic heterocycles. The third-order valence-corrected chi connectivity index (χ3v) is 1.96. The Labute approximate surface area is 118 Å². The molecular weight excluding hydrogens is 260 g/mol. The molecule has 2 aromatic rings. The lowest BCUT2D eigenvalue weighted by Gasteiger charge is -1.83. The molecule has 0 saturated carbocycles. The molecule has 4 N–H and O–H groups in total. The molecule has 0 aliphatic rings. The van der Waals surface area contributed by atoms with E-state index < -0.39 is 11.8 Å². The first kappa shape index (κ1) is 19.8. The maximum atomic E-state index is 10.3. The van der Waals surface area contributed by atoms with Crippen LogP contribution in [0.15, 0.2) is 33.3 Å². The zero-order valence-corrected chi connectivity index (χ0v) is 10.1. The zero-order valence-electron chi connectivity index (χ0n) is 10.1. The monoisotopic (exact) mass is 282 g/mol. The van der Waals surface area contributed by atoms with Gasteiger partial charge in [0.2, 0.25) is 0 Å². The number of rotatable bonds is 2. The molecule has 0 bridgehead atoms. The molecule has 112 valence electrons. The van der Waals surface area contributed by atoms with Gasteiger partial charge in [-0.15, -0.1) is 0 Å². The first-order valence-corrected chi connectivity index (χ1v) is 5.11. The summed E-state index contributed by atoms with van der Waals surface area (Å²) >= 11 is 0. The lowest BCUT2D eigenvalue weighted by atomic mass is 10.3. The highest BCUT2D eigenvalue weighted by Crippen LogP contribution is 2.04. The van der Waals surface area contributed by atoms with Gasteiger partial charge in [-0.2, -0.15) is 0 Å². The summed E-state index contributed by atoms with van der Waals surface area (Å²) in [5.74, 6) is 0.0787. The molecule has 2 heterocycles. The number of aryl methyl sites for hydroxylation is 2. The van der Waals surface area contributed by atoms with E-state index in [1.165, 1.54) is 6.26 Å². The van der Waals surface area contributed by atoms with Crippen LogP contribution in [-0.4, -0.2) is 11.8 Å². The van der Waals surface area contributed by atoms with Crippen molar-refractivity contribution < 1.29 is 18.4 Å². The Kier molecular flexibility index (Phi) is 8.50. The first-order valence-electron chi connectivity index (χ1n) is 5.11. The second-order valence-corrected chi connectivity index (χ2v) is 3.63. The summed E-state index contributed by atoms with van der Waals surface area (Å²) in [6.45, 7) is 3.59. The standard InChI is InChI=1S/2C6H7NO2.2CH4/c1-4-2-5(6(7)8)9-3-4;1-4-2-3-5(9-4)6(7)8;;/h2*2-3H,1H3,(H2,7,8);2*1H4. The third-order valence-electron chi connectivity index (χ3n) is 1.96. The molecule has 0 spiro atoms. The van der Waals surface area contributed by atoms with Gasteiger partial charge in [0.1, 0.15) is 5.76 Å². The highest BCUT2D eigenvalue weighted by molar-refractivity contribution is 5.90. The van der Waals surface area contributed by atoms with Crippen LogP contribution in [0.4, 0.5) is 0 Å². The van der Waals surface area contributed by atoms with Crippen LogP contribution in [0.2, 0.25) is 0 Å². The van der Waals surface area contributed by atoms with E-state index in [-0.39, 0.29) is 26.4 Å². The van der Waals surface area contributed by atoms with Gasteiger partial charge in [0.05, 0.1) is 6.26 Å². The highest BCUT2D eigenvalue weighted by atomic mass is 16.3. The van der Waals surface area contributed by atoms with Crippen LogP contribution in [0.5, 0.6) is 0 Å². The molecule has 6 nitrogen and oxygen atoms in total. The fraction of sp³-hybridized carbons (Fsp3) is 0.286. The summed E-state index contributed by atoms with van der Waals surface area (Å²) in [6, 6.07) is 4.85. The number of primary amides is 2. The van der Waals surface area contributed by atoms with Crippen molar-refractivity contribution in [1.82, 2.24) is 0 Å². The van der Waals surface area contributed by atoms with Crippen LogP contribution in [-0.2, 0) is 0 Å². The molecule has 0 fully saturated rings. The van der Waals surface area contributed by atoms with Crippen LogP contribution < -0.4 is 11.5 Å². The number of amides is 2. The summed E-state index contributed by atoms with van der Waals surface area (Å²) < 4.78 is 9.62. The van der Waals surface area contributed by atoms with Crippen LogP contribution in [0.25, 0.3) is 0 Å². The van der Waals surface area contributed by atoms with Crippen LogP contribution in [0, 0.1) is 13.8 Å². The van der Waals surface area contributed by atoms with Gasteiger partial charge in [-0.25, -0.2) is 0 Å². The lowest BCUT2D eigenvalue weighted by Crippen LogP contribution is -2.09. The largest absolute Gasteiger partial charge is 0.459 e. The zero-order chi connectivity index (χ0) is 13.7. The minimum atomic E-state index is -0.525. The van der Waals surface area contributed by atoms with E-state index in [2.05, 4.69) is 0 Å². The van der Waals surface area contributed by atoms with Gasteiger partial charge in [0.15, 0.2) is 11.5 Å². The van der Waals surface area contributed by atoms with Gasteiger partial charge in [-0.1, -0.05) is 14.9 Å². The van der Waals surface area contributed by atoms with Gasteiger partial charge in [0, 0.05) is 0 Å². The first-order chi connectivity index (χ1) is 8.40. The average molecular weight is 282 g/mol. The summed E-state index contributed by atoms with van der Waals surface area (Å²) in [4.78, 5) is 20.7. The second-order valence-electron chi connectivity index (χ2n) is 3.63. The predicted octanol–water partition coefficient (Wildman–Crippen LogP) is 2.65. The number of carbonyl (C=O) groups excluding carboxylic acids is 2. The average Bonchev–Trinajstić information content (AvgIpc) is 2.88. The van der Waals surface area contributed by atoms with Crippen molar-refractivity contribution in [3.05, 3.63) is 47.3 Å². The fourth-order valence-corrected chi connectivity index (χ4v) is 1.13. The minimum absolute atomic E-state index is 0. The molecule has 20 heavy (non-hydrogen) atoms. The molecule has 0 radical (unpaired) electrons. The molecule has 2 aromatic heterocycles. The quantitative estimate of drug-likeness (QED) is 0.881. The summed E-state index contributed by atoms with van der Waals surface area (Å²) in [7, 11) is 0. The van der Waals surface area contributed by atoms with E-state index in [4.69, 9.17) is 20.3 Å². The van der Waals surface area contributed by atoms with Crippen LogP contribution >= 0.6 is 0 Å². The Hall–Kier alpha value is -2.50. The van der Waals surface area contributed by atoms with Gasteiger partial charge < -0.3 is 20.3 Å². The smallest absolute Gasteiger partial charge is 0.284 e. The molecular formula is C14H22N2O4. The van der Waals surface area contributed by atoms with E-state index in [0.717, 1.165) is 5.56 Å². The summed E-state index contributed by atoms with van der Waals surface area (Å²) in [5.41, 5.74) is 10.7. The van der Waals surface area contributed by atoms with Gasteiger partial charge in [0.25, 0.3) is 11.8 Å². The van der Waals surface area contributed by atoms with E-state index in [1.807, 2.05) is 6.92 Å². The molecule has 0 atom stereocenters. The Balaban J connectivity index is 0. The molecule has 0 unspecified atom stereocenters. The number of hydrogen-bond donors (Lipinski definition) is 2. The van der Waals surface area contributed by atoms with Crippen molar-refractivity contribution in [2.24, 2.45) is 11.5 Å². The van der Waals surface area contributed by atoms with Crippen molar-refractivity contribution in [3.63, 3.8) is 0 Å². The normalized spacial score (nSPS) is 8.50. The van der Waals surface area contributed by atoms with Crippen molar-refractivity contribution in [1.29, 1.82) is 0 Å². The number of nitrogens with two attached hydrogens (primary N) is 2. The Morgan fingerprint density at radius 3 is 1.75 bits per heavy atom. The van der Waals surface area contributed by atoms with Crippen molar-refractivity contribution in [2.45, 2.75) is 28.7 Å². The Morgan fingerprint density at radius 2 is 1.55 bits per heavy atom. The van der Waals surface area contributed by atoms with Crippen LogP contribution in [0.3, 0.4) is 0 Å². The van der Waals surface area contributed by atoms with Crippen molar-refractivity contribution in [2.75, 3.05) is 0 Å². The van der Waals surface area contributed by atoms with E-state index in [0.29, 0.717) is 5.76 Å². The lowest BCUT2D eigenvalue weighted by molar-refractivity contribution is 0.0965. The fourth-order valence-electron chi connectivity index (χ4n) is 1.13. The molecule has 6 heteroatoms. The van der Waals surface area contributed by atoms with Crippen molar-refractivity contribution in [3.8, 4) is 0 Å². The number of carbonyl (C=O) groups is 2. The maximum absolute atomic E-state index is 10.3. The molecule has 2 amide bonds. The number of hydrogen-bond acceptors (Lipinski definition) is 4. The summed E-state index contributed by atoms with van der Waals surface area (Å²) in [5, 5.41) is 0. The molecule has 0 aliphatic carbocycles. The molecule has 0 saturated heterocycles. The molecule has 2 rings (SSSR count). The van der Waals surface area contributed by atoms with Gasteiger partial charge in [-0.3, -0.25) is 9.59 Å².